The van der Waals surface area contributed by atoms with Crippen LogP contribution in [0.2, 0.25) is 0 Å². The van der Waals surface area contributed by atoms with Gasteiger partial charge in [0.1, 0.15) is 5.69 Å². The molecule has 1 unspecified atom stereocenters. The summed E-state index contributed by atoms with van der Waals surface area (Å²) in [6, 6.07) is 0.953. The Morgan fingerprint density at radius 1 is 1.37 bits per heavy atom. The van der Waals surface area contributed by atoms with Gasteiger partial charge in [0.2, 0.25) is 0 Å². The van der Waals surface area contributed by atoms with Crippen molar-refractivity contribution in [2.75, 3.05) is 19.7 Å². The number of morpholine rings is 1. The van der Waals surface area contributed by atoms with Crippen molar-refractivity contribution >= 4 is 11.9 Å². The number of aliphatic carboxylic acids is 1. The third kappa shape index (κ3) is 2.88. The summed E-state index contributed by atoms with van der Waals surface area (Å²) in [5.74, 6) is -1.78. The largest absolute Gasteiger partial charge is 0.479 e. The van der Waals surface area contributed by atoms with E-state index < -0.39 is 29.2 Å². The lowest BCUT2D eigenvalue weighted by atomic mass is 10.2. The standard InChI is InChI=1S/C10H11N3O6/c14-7-3-5(11-10(18)12-7)8(15)13-1-2-19-6(4-13)9(16)17/h3,6H,1-2,4H2,(H,16,17)(H2,11,12,14,18). The Morgan fingerprint density at radius 2 is 2.11 bits per heavy atom. The first-order chi connectivity index (χ1) is 8.97. The number of carboxylic acid groups (broad SMARTS) is 1. The highest BCUT2D eigenvalue weighted by Gasteiger charge is 2.29. The molecular weight excluding hydrogens is 258 g/mol. The van der Waals surface area contributed by atoms with Crippen LogP contribution in [-0.2, 0) is 9.53 Å². The third-order valence-corrected chi connectivity index (χ3v) is 2.62. The minimum atomic E-state index is -1.17. The number of carboxylic acids is 1. The zero-order valence-corrected chi connectivity index (χ0v) is 9.71. The molecule has 1 aromatic heterocycles. The van der Waals surface area contributed by atoms with Crippen LogP contribution in [0, 0.1) is 0 Å². The second kappa shape index (κ2) is 5.06. The molecule has 0 bridgehead atoms. The zero-order valence-electron chi connectivity index (χ0n) is 9.71. The fourth-order valence-electron chi connectivity index (χ4n) is 1.74. The molecule has 9 nitrogen and oxygen atoms in total. The number of aromatic nitrogens is 2. The van der Waals surface area contributed by atoms with E-state index in [2.05, 4.69) is 4.98 Å². The van der Waals surface area contributed by atoms with Gasteiger partial charge in [0.25, 0.3) is 11.5 Å². The molecule has 1 aliphatic heterocycles. The van der Waals surface area contributed by atoms with Gasteiger partial charge in [-0.25, -0.2) is 9.59 Å². The average molecular weight is 269 g/mol. The van der Waals surface area contributed by atoms with E-state index in [0.717, 1.165) is 6.07 Å². The Kier molecular flexibility index (Phi) is 3.47. The zero-order chi connectivity index (χ0) is 14.0. The van der Waals surface area contributed by atoms with E-state index in [0.29, 0.717) is 0 Å². The van der Waals surface area contributed by atoms with E-state index in [-0.39, 0.29) is 25.4 Å². The van der Waals surface area contributed by atoms with E-state index in [9.17, 15) is 19.2 Å². The number of amides is 1. The number of nitrogens with zero attached hydrogens (tertiary/aromatic N) is 1. The summed E-state index contributed by atoms with van der Waals surface area (Å²) in [5.41, 5.74) is -1.67. The van der Waals surface area contributed by atoms with Crippen molar-refractivity contribution in [1.82, 2.24) is 14.9 Å². The number of ether oxygens (including phenoxy) is 1. The molecule has 1 saturated heterocycles. The first kappa shape index (κ1) is 13.0. The van der Waals surface area contributed by atoms with Crippen LogP contribution in [0.25, 0.3) is 0 Å². The predicted molar refractivity (Wildman–Crippen MR) is 61.0 cm³/mol. The maximum atomic E-state index is 12.0. The van der Waals surface area contributed by atoms with E-state index in [1.54, 1.807) is 0 Å². The van der Waals surface area contributed by atoms with Crippen LogP contribution in [0.3, 0.4) is 0 Å². The van der Waals surface area contributed by atoms with E-state index in [1.807, 2.05) is 4.98 Å². The van der Waals surface area contributed by atoms with E-state index in [4.69, 9.17) is 9.84 Å². The number of aromatic amines is 2. The highest BCUT2D eigenvalue weighted by Crippen LogP contribution is 2.08. The lowest BCUT2D eigenvalue weighted by Crippen LogP contribution is -2.49. The van der Waals surface area contributed by atoms with Crippen molar-refractivity contribution in [3.05, 3.63) is 32.6 Å². The minimum Gasteiger partial charge on any atom is -0.479 e. The summed E-state index contributed by atoms with van der Waals surface area (Å²) in [6.07, 6.45) is -1.11. The number of hydrogen-bond donors (Lipinski definition) is 3. The van der Waals surface area contributed by atoms with Crippen molar-refractivity contribution in [1.29, 1.82) is 0 Å². The molecule has 0 aliphatic carbocycles. The van der Waals surface area contributed by atoms with Crippen molar-refractivity contribution in [2.45, 2.75) is 6.10 Å². The Bertz CT molecular complexity index is 590. The van der Waals surface area contributed by atoms with Crippen LogP contribution in [0.1, 0.15) is 10.5 Å². The van der Waals surface area contributed by atoms with Crippen LogP contribution in [0.15, 0.2) is 15.7 Å². The molecule has 3 N–H and O–H groups in total. The first-order valence-electron chi connectivity index (χ1n) is 5.44. The normalized spacial score (nSPS) is 19.2. The first-order valence-corrected chi connectivity index (χ1v) is 5.44. The number of carbonyl (C=O) groups is 2. The van der Waals surface area contributed by atoms with Gasteiger partial charge < -0.3 is 19.7 Å². The smallest absolute Gasteiger partial charge is 0.334 e. The molecule has 0 saturated carbocycles. The van der Waals surface area contributed by atoms with Crippen LogP contribution >= 0.6 is 0 Å². The molecule has 9 heteroatoms. The van der Waals surface area contributed by atoms with Gasteiger partial charge in [-0.15, -0.1) is 0 Å². The van der Waals surface area contributed by atoms with Gasteiger partial charge in [0, 0.05) is 12.6 Å². The Morgan fingerprint density at radius 3 is 2.74 bits per heavy atom. The van der Waals surface area contributed by atoms with Gasteiger partial charge in [-0.3, -0.25) is 14.6 Å². The van der Waals surface area contributed by atoms with Gasteiger partial charge in [-0.05, 0) is 0 Å². The number of hydrogen-bond acceptors (Lipinski definition) is 5. The molecule has 1 amide bonds. The van der Waals surface area contributed by atoms with Crippen molar-refractivity contribution in [3.8, 4) is 0 Å². The fraction of sp³-hybridized carbons (Fsp3) is 0.400. The second-order valence-electron chi connectivity index (χ2n) is 3.95. The molecule has 0 radical (unpaired) electrons. The van der Waals surface area contributed by atoms with Crippen LogP contribution in [-0.4, -0.2) is 57.7 Å². The SMILES string of the molecule is O=C(O)C1CN(C(=O)c2cc(=O)[nH]c(=O)[nH]2)CCO1. The average Bonchev–Trinajstić information content (AvgIpc) is 2.37. The van der Waals surface area contributed by atoms with Gasteiger partial charge in [-0.1, -0.05) is 0 Å². The quantitative estimate of drug-likeness (QED) is 0.568. The molecule has 1 fully saturated rings. The Hall–Kier alpha value is -2.42. The topological polar surface area (TPSA) is 133 Å². The second-order valence-corrected chi connectivity index (χ2v) is 3.95. The summed E-state index contributed by atoms with van der Waals surface area (Å²) in [5, 5.41) is 8.82. The van der Waals surface area contributed by atoms with Gasteiger partial charge in [0.15, 0.2) is 6.10 Å². The summed E-state index contributed by atoms with van der Waals surface area (Å²) in [4.78, 5) is 50.3. The number of rotatable bonds is 2. The molecule has 2 heterocycles. The molecular formula is C10H11N3O6. The van der Waals surface area contributed by atoms with Crippen LogP contribution < -0.4 is 11.2 Å². The summed E-state index contributed by atoms with van der Waals surface area (Å²) in [7, 11) is 0. The lowest BCUT2D eigenvalue weighted by Gasteiger charge is -2.30. The van der Waals surface area contributed by atoms with Crippen LogP contribution in [0.4, 0.5) is 0 Å². The molecule has 1 atom stereocenters. The number of carbonyl (C=O) groups excluding carboxylic acids is 1. The molecule has 1 aromatic rings. The molecule has 1 aliphatic rings. The van der Waals surface area contributed by atoms with Gasteiger partial charge in [-0.2, -0.15) is 0 Å². The Labute approximate surface area is 105 Å². The highest BCUT2D eigenvalue weighted by molar-refractivity contribution is 5.92. The molecule has 2 rings (SSSR count). The fourth-order valence-corrected chi connectivity index (χ4v) is 1.74. The van der Waals surface area contributed by atoms with E-state index in [1.165, 1.54) is 4.90 Å². The minimum absolute atomic E-state index is 0.0795. The van der Waals surface area contributed by atoms with Crippen molar-refractivity contribution in [2.24, 2.45) is 0 Å². The summed E-state index contributed by atoms with van der Waals surface area (Å²) >= 11 is 0. The monoisotopic (exact) mass is 269 g/mol. The lowest BCUT2D eigenvalue weighted by molar-refractivity contribution is -0.154. The highest BCUT2D eigenvalue weighted by atomic mass is 16.5. The van der Waals surface area contributed by atoms with Gasteiger partial charge in [0.05, 0.1) is 13.2 Å². The Balaban J connectivity index is 2.21. The summed E-state index contributed by atoms with van der Waals surface area (Å²) < 4.78 is 4.97. The van der Waals surface area contributed by atoms with Crippen molar-refractivity contribution < 1.29 is 19.4 Å². The van der Waals surface area contributed by atoms with Gasteiger partial charge >= 0.3 is 11.7 Å². The predicted octanol–water partition coefficient (Wildman–Crippen LogP) is -2.01. The molecule has 19 heavy (non-hydrogen) atoms. The van der Waals surface area contributed by atoms with Crippen molar-refractivity contribution in [3.63, 3.8) is 0 Å². The third-order valence-electron chi connectivity index (χ3n) is 2.62. The number of nitrogens with one attached hydrogen (secondary N) is 2. The number of H-pyrrole nitrogens is 2. The maximum absolute atomic E-state index is 12.0. The molecule has 0 spiro atoms. The molecule has 0 aromatic carbocycles. The van der Waals surface area contributed by atoms with Crippen LogP contribution in [0.5, 0.6) is 0 Å². The maximum Gasteiger partial charge on any atom is 0.334 e. The van der Waals surface area contributed by atoms with E-state index >= 15 is 0 Å². The molecule has 102 valence electrons. The summed E-state index contributed by atoms with van der Waals surface area (Å²) in [6.45, 7) is 0.135.